The van der Waals surface area contributed by atoms with E-state index < -0.39 is 0 Å². The number of fused-ring (bicyclic) bond motifs is 1. The van der Waals surface area contributed by atoms with Crippen LogP contribution in [0, 0.1) is 6.20 Å². The first-order chi connectivity index (χ1) is 4.86. The Balaban J connectivity index is 2.99. The Morgan fingerprint density at radius 1 is 1.30 bits per heavy atom. The topological polar surface area (TPSA) is 48.6 Å². The van der Waals surface area contributed by atoms with Crippen LogP contribution < -0.4 is 5.56 Å². The maximum absolute atomic E-state index is 10.7. The van der Waals surface area contributed by atoms with Crippen LogP contribution in [-0.4, -0.2) is 9.97 Å². The molecular weight excluding hydrogens is 128 g/mol. The highest BCUT2D eigenvalue weighted by Crippen LogP contribution is 2.02. The highest BCUT2D eigenvalue weighted by molar-refractivity contribution is 5.73. The van der Waals surface area contributed by atoms with Gasteiger partial charge in [-0.15, -0.1) is 0 Å². The summed E-state index contributed by atoms with van der Waals surface area (Å²) >= 11 is 0. The molecule has 0 fully saturated rings. The predicted molar refractivity (Wildman–Crippen MR) is 37.8 cm³/mol. The summed E-state index contributed by atoms with van der Waals surface area (Å²) in [7, 11) is 0. The fourth-order valence-electron chi connectivity index (χ4n) is 0.899. The summed E-state index contributed by atoms with van der Waals surface area (Å²) in [6.07, 6.45) is 2.77. The van der Waals surface area contributed by atoms with Gasteiger partial charge in [0, 0.05) is 6.07 Å². The molecule has 3 nitrogen and oxygen atoms in total. The fraction of sp³-hybridized carbons (Fsp3) is 0. The summed E-state index contributed by atoms with van der Waals surface area (Å²) in [5.41, 5.74) is 1.62. The van der Waals surface area contributed by atoms with Crippen LogP contribution in [-0.2, 0) is 0 Å². The smallest absolute Gasteiger partial charge is 0.248 e. The first-order valence-corrected chi connectivity index (χ1v) is 2.94. The van der Waals surface area contributed by atoms with Crippen molar-refractivity contribution in [2.24, 2.45) is 0 Å². The molecule has 2 heterocycles. The molecule has 10 heavy (non-hydrogen) atoms. The first kappa shape index (κ1) is 5.29. The monoisotopic (exact) mass is 133 g/mol. The van der Waals surface area contributed by atoms with Crippen LogP contribution in [0.15, 0.2) is 23.0 Å². The van der Waals surface area contributed by atoms with E-state index in [9.17, 15) is 4.79 Å². The van der Waals surface area contributed by atoms with E-state index in [1.54, 1.807) is 12.1 Å². The predicted octanol–water partition coefficient (Wildman–Crippen LogP) is 0.656. The van der Waals surface area contributed by atoms with Crippen LogP contribution >= 0.6 is 0 Å². The first-order valence-electron chi connectivity index (χ1n) is 2.94. The number of pyridine rings is 1. The molecule has 0 saturated heterocycles. The van der Waals surface area contributed by atoms with E-state index >= 15 is 0 Å². The molecule has 0 aromatic carbocycles. The van der Waals surface area contributed by atoms with Crippen molar-refractivity contribution in [1.82, 2.24) is 9.97 Å². The lowest BCUT2D eigenvalue weighted by atomic mass is 10.4. The highest BCUT2D eigenvalue weighted by atomic mass is 16.1. The highest BCUT2D eigenvalue weighted by Gasteiger charge is 1.91. The molecule has 0 aliphatic rings. The number of aromatic amines is 2. The van der Waals surface area contributed by atoms with Crippen molar-refractivity contribution in [3.8, 4) is 0 Å². The zero-order valence-corrected chi connectivity index (χ0v) is 5.14. The van der Waals surface area contributed by atoms with E-state index in [0.717, 1.165) is 11.0 Å². The molecule has 0 bridgehead atoms. The number of hydrogen-bond acceptors (Lipinski definition) is 1. The molecule has 1 radical (unpaired) electrons. The van der Waals surface area contributed by atoms with Gasteiger partial charge in [0.1, 0.15) is 0 Å². The molecule has 0 spiro atoms. The van der Waals surface area contributed by atoms with Crippen LogP contribution in [0.2, 0.25) is 0 Å². The summed E-state index contributed by atoms with van der Waals surface area (Å²) in [6.45, 7) is 0. The molecule has 3 heteroatoms. The molecule has 2 aromatic heterocycles. The van der Waals surface area contributed by atoms with E-state index in [4.69, 9.17) is 0 Å². The van der Waals surface area contributed by atoms with Gasteiger partial charge in [-0.25, -0.2) is 0 Å². The van der Waals surface area contributed by atoms with Crippen molar-refractivity contribution in [2.75, 3.05) is 0 Å². The number of nitrogens with one attached hydrogen (secondary N) is 2. The quantitative estimate of drug-likeness (QED) is 0.544. The summed E-state index contributed by atoms with van der Waals surface area (Å²) in [5.74, 6) is 0. The van der Waals surface area contributed by atoms with Gasteiger partial charge in [-0.05, 0) is 12.1 Å². The van der Waals surface area contributed by atoms with E-state index in [1.165, 1.54) is 6.07 Å². The van der Waals surface area contributed by atoms with Crippen LogP contribution in [0.25, 0.3) is 11.0 Å². The van der Waals surface area contributed by atoms with E-state index in [0.29, 0.717) is 0 Å². The molecule has 0 aliphatic heterocycles. The third-order valence-electron chi connectivity index (χ3n) is 1.37. The lowest BCUT2D eigenvalue weighted by molar-refractivity contribution is 1.31. The number of rotatable bonds is 0. The van der Waals surface area contributed by atoms with Gasteiger partial charge in [0.2, 0.25) is 5.56 Å². The maximum atomic E-state index is 10.7. The molecule has 2 N–H and O–H groups in total. The minimum absolute atomic E-state index is 0.0829. The van der Waals surface area contributed by atoms with Crippen molar-refractivity contribution in [1.29, 1.82) is 0 Å². The molecule has 0 saturated carbocycles. The van der Waals surface area contributed by atoms with Crippen molar-refractivity contribution < 1.29 is 0 Å². The molecule has 49 valence electrons. The van der Waals surface area contributed by atoms with Gasteiger partial charge in [-0.1, -0.05) is 0 Å². The lowest BCUT2D eigenvalue weighted by Crippen LogP contribution is -2.00. The molecule has 0 atom stereocenters. The number of aromatic nitrogens is 2. The molecule has 0 amide bonds. The van der Waals surface area contributed by atoms with Crippen molar-refractivity contribution in [3.05, 3.63) is 34.7 Å². The summed E-state index contributed by atoms with van der Waals surface area (Å²) < 4.78 is 0. The van der Waals surface area contributed by atoms with Gasteiger partial charge >= 0.3 is 0 Å². The van der Waals surface area contributed by atoms with Crippen molar-refractivity contribution in [3.63, 3.8) is 0 Å². The van der Waals surface area contributed by atoms with Crippen LogP contribution in [0.4, 0.5) is 0 Å². The summed E-state index contributed by atoms with van der Waals surface area (Å²) in [6, 6.07) is 4.91. The molecule has 2 aromatic rings. The standard InChI is InChI=1S/C7H5N2O/c10-7-2-1-5-6(9-7)3-4-8-5/h1-3,8H,(H,9,10). The minimum Gasteiger partial charge on any atom is -0.352 e. The Kier molecular flexibility index (Phi) is 0.917. The third-order valence-corrected chi connectivity index (χ3v) is 1.37. The average Bonchev–Trinajstić information content (AvgIpc) is 2.33. The largest absolute Gasteiger partial charge is 0.352 e. The van der Waals surface area contributed by atoms with Crippen molar-refractivity contribution in [2.45, 2.75) is 0 Å². The second-order valence-electron chi connectivity index (χ2n) is 2.06. The van der Waals surface area contributed by atoms with E-state index in [2.05, 4.69) is 16.2 Å². The van der Waals surface area contributed by atoms with Gasteiger partial charge in [0.25, 0.3) is 0 Å². The van der Waals surface area contributed by atoms with Gasteiger partial charge in [-0.2, -0.15) is 0 Å². The molecule has 0 unspecified atom stereocenters. The second kappa shape index (κ2) is 1.73. The van der Waals surface area contributed by atoms with E-state index in [-0.39, 0.29) is 5.56 Å². The Labute approximate surface area is 56.7 Å². The van der Waals surface area contributed by atoms with Gasteiger partial charge in [-0.3, -0.25) is 4.79 Å². The summed E-state index contributed by atoms with van der Waals surface area (Å²) in [4.78, 5) is 16.2. The fourth-order valence-corrected chi connectivity index (χ4v) is 0.899. The Hall–Kier alpha value is -1.51. The average molecular weight is 133 g/mol. The lowest BCUT2D eigenvalue weighted by Gasteiger charge is -1.84. The Bertz CT molecular complexity index is 399. The zero-order chi connectivity index (χ0) is 6.97. The van der Waals surface area contributed by atoms with Gasteiger partial charge in [0.15, 0.2) is 0 Å². The van der Waals surface area contributed by atoms with Crippen LogP contribution in [0.3, 0.4) is 0 Å². The molecular formula is C7H5N2O. The second-order valence-corrected chi connectivity index (χ2v) is 2.06. The van der Waals surface area contributed by atoms with Crippen molar-refractivity contribution >= 4 is 11.0 Å². The minimum atomic E-state index is -0.0829. The van der Waals surface area contributed by atoms with E-state index in [1.807, 2.05) is 0 Å². The summed E-state index contributed by atoms with van der Waals surface area (Å²) in [5, 5.41) is 0. The maximum Gasteiger partial charge on any atom is 0.248 e. The number of H-pyrrole nitrogens is 2. The third kappa shape index (κ3) is 0.639. The Morgan fingerprint density at radius 3 is 3.10 bits per heavy atom. The normalized spacial score (nSPS) is 10.4. The van der Waals surface area contributed by atoms with Gasteiger partial charge in [0.05, 0.1) is 17.2 Å². The molecule has 0 aliphatic carbocycles. The molecule has 2 rings (SSSR count). The SMILES string of the molecule is O=c1ccc2[nH][c]cc2[nH]1. The zero-order valence-electron chi connectivity index (χ0n) is 5.14. The van der Waals surface area contributed by atoms with Crippen LogP contribution in [0.5, 0.6) is 0 Å². The van der Waals surface area contributed by atoms with Crippen LogP contribution in [0.1, 0.15) is 0 Å². The number of hydrogen-bond donors (Lipinski definition) is 2. The van der Waals surface area contributed by atoms with Gasteiger partial charge < -0.3 is 9.97 Å². The Morgan fingerprint density at radius 2 is 2.20 bits per heavy atom.